The molecular weight excluding hydrogens is 470 g/mol. The summed E-state index contributed by atoms with van der Waals surface area (Å²) in [5.41, 5.74) is 5.06. The number of fused-ring (bicyclic) bond motifs is 4. The molecule has 6 rings (SSSR count). The Hall–Kier alpha value is -2.70. The van der Waals surface area contributed by atoms with E-state index in [4.69, 9.17) is 9.97 Å². The van der Waals surface area contributed by atoms with Gasteiger partial charge in [-0.3, -0.25) is 4.79 Å². The molecule has 0 N–H and O–H groups in total. The summed E-state index contributed by atoms with van der Waals surface area (Å²) in [5.74, 6) is 1.44. The SMILES string of the molecule is CC1Cc2ccccc2N1C(=O)CSc1nc(CCc2ccccc2)nc2sc3c(c12)CCCC3. The van der Waals surface area contributed by atoms with Crippen molar-refractivity contribution in [2.45, 2.75) is 62.9 Å². The molecule has 0 radical (unpaired) electrons. The van der Waals surface area contributed by atoms with Gasteiger partial charge in [0.25, 0.3) is 0 Å². The van der Waals surface area contributed by atoms with E-state index in [1.165, 1.54) is 39.8 Å². The number of thiophene rings is 1. The van der Waals surface area contributed by atoms with Crippen LogP contribution >= 0.6 is 23.1 Å². The van der Waals surface area contributed by atoms with Gasteiger partial charge in [0.05, 0.1) is 5.75 Å². The minimum absolute atomic E-state index is 0.161. The van der Waals surface area contributed by atoms with Crippen LogP contribution in [0.15, 0.2) is 59.6 Å². The summed E-state index contributed by atoms with van der Waals surface area (Å²) < 4.78 is 0. The largest absolute Gasteiger partial charge is 0.308 e. The lowest BCUT2D eigenvalue weighted by Gasteiger charge is -2.22. The van der Waals surface area contributed by atoms with E-state index in [9.17, 15) is 4.79 Å². The topological polar surface area (TPSA) is 46.1 Å². The molecule has 2 aromatic carbocycles. The Morgan fingerprint density at radius 3 is 2.71 bits per heavy atom. The molecule has 178 valence electrons. The predicted octanol–water partition coefficient (Wildman–Crippen LogP) is 6.43. The highest BCUT2D eigenvalue weighted by Gasteiger charge is 2.31. The Morgan fingerprint density at radius 1 is 1.03 bits per heavy atom. The summed E-state index contributed by atoms with van der Waals surface area (Å²) in [4.78, 5) is 28.0. The summed E-state index contributed by atoms with van der Waals surface area (Å²) >= 11 is 3.44. The van der Waals surface area contributed by atoms with Gasteiger partial charge in [0.1, 0.15) is 15.7 Å². The van der Waals surface area contributed by atoms with Crippen LogP contribution < -0.4 is 4.90 Å². The number of amides is 1. The molecule has 0 saturated carbocycles. The van der Waals surface area contributed by atoms with Gasteiger partial charge in [-0.2, -0.15) is 0 Å². The summed E-state index contributed by atoms with van der Waals surface area (Å²) in [5, 5.41) is 2.20. The van der Waals surface area contributed by atoms with E-state index in [1.54, 1.807) is 11.8 Å². The van der Waals surface area contributed by atoms with Crippen molar-refractivity contribution < 1.29 is 4.79 Å². The summed E-state index contributed by atoms with van der Waals surface area (Å²) in [6.45, 7) is 2.14. The second-order valence-electron chi connectivity index (χ2n) is 9.56. The first-order valence-electron chi connectivity index (χ1n) is 12.5. The maximum Gasteiger partial charge on any atom is 0.237 e. The molecule has 2 aliphatic rings. The molecule has 0 spiro atoms. The quantitative estimate of drug-likeness (QED) is 0.227. The maximum absolute atomic E-state index is 13.4. The summed E-state index contributed by atoms with van der Waals surface area (Å²) in [7, 11) is 0. The van der Waals surface area contributed by atoms with E-state index in [0.29, 0.717) is 5.75 Å². The second kappa shape index (κ2) is 9.75. The van der Waals surface area contributed by atoms with Crippen LogP contribution in [0.5, 0.6) is 0 Å². The van der Waals surface area contributed by atoms with Crippen molar-refractivity contribution in [3.8, 4) is 0 Å². The summed E-state index contributed by atoms with van der Waals surface area (Å²) in [6.07, 6.45) is 7.36. The number of nitrogens with zero attached hydrogens (tertiary/aromatic N) is 3. The highest BCUT2D eigenvalue weighted by Crippen LogP contribution is 2.40. The Balaban J connectivity index is 1.28. The van der Waals surface area contributed by atoms with Crippen molar-refractivity contribution in [1.82, 2.24) is 9.97 Å². The second-order valence-corrected chi connectivity index (χ2v) is 11.6. The molecule has 4 aromatic rings. The zero-order valence-electron chi connectivity index (χ0n) is 20.0. The number of para-hydroxylation sites is 1. The van der Waals surface area contributed by atoms with Crippen LogP contribution in [0.3, 0.4) is 0 Å². The van der Waals surface area contributed by atoms with Crippen molar-refractivity contribution in [2.24, 2.45) is 0 Å². The van der Waals surface area contributed by atoms with Crippen LogP contribution in [-0.2, 0) is 36.9 Å². The molecule has 1 unspecified atom stereocenters. The number of aromatic nitrogens is 2. The molecule has 3 heterocycles. The molecule has 0 saturated heterocycles. The number of hydrogen-bond acceptors (Lipinski definition) is 5. The van der Waals surface area contributed by atoms with Crippen LogP contribution in [0, 0.1) is 0 Å². The Labute approximate surface area is 214 Å². The fourth-order valence-corrected chi connectivity index (χ4v) is 7.71. The minimum Gasteiger partial charge on any atom is -0.308 e. The van der Waals surface area contributed by atoms with Gasteiger partial charge in [0.2, 0.25) is 5.91 Å². The maximum atomic E-state index is 13.4. The third-order valence-electron chi connectivity index (χ3n) is 7.12. The van der Waals surface area contributed by atoms with Crippen LogP contribution in [0.25, 0.3) is 10.2 Å². The van der Waals surface area contributed by atoms with Crippen molar-refractivity contribution in [2.75, 3.05) is 10.7 Å². The van der Waals surface area contributed by atoms with Crippen molar-refractivity contribution >= 4 is 44.9 Å². The lowest BCUT2D eigenvalue weighted by molar-refractivity contribution is -0.116. The fraction of sp³-hybridized carbons (Fsp3) is 0.345. The zero-order valence-corrected chi connectivity index (χ0v) is 21.6. The van der Waals surface area contributed by atoms with Gasteiger partial charge < -0.3 is 4.90 Å². The Kier molecular flexibility index (Phi) is 6.33. The van der Waals surface area contributed by atoms with Crippen LogP contribution in [0.4, 0.5) is 5.69 Å². The molecule has 1 aliphatic heterocycles. The van der Waals surface area contributed by atoms with E-state index in [1.807, 2.05) is 28.4 Å². The third-order valence-corrected chi connectivity index (χ3v) is 9.26. The number of thioether (sulfide) groups is 1. The first-order valence-corrected chi connectivity index (χ1v) is 14.4. The van der Waals surface area contributed by atoms with Gasteiger partial charge in [-0.05, 0) is 68.2 Å². The first-order chi connectivity index (χ1) is 17.2. The number of rotatable bonds is 6. The molecule has 4 nitrogen and oxygen atoms in total. The van der Waals surface area contributed by atoms with Crippen LogP contribution in [0.2, 0.25) is 0 Å². The first kappa shape index (κ1) is 22.7. The van der Waals surface area contributed by atoms with Gasteiger partial charge in [-0.1, -0.05) is 60.3 Å². The average molecular weight is 500 g/mol. The number of carbonyl (C=O) groups excluding carboxylic acids is 1. The standard InChI is InChI=1S/C29H29N3OS2/c1-19-17-21-11-5-7-13-23(21)32(19)26(33)18-34-28-27-22-12-6-8-14-24(22)35-29(27)31-25(30-28)16-15-20-9-3-2-4-10-20/h2-5,7,9-11,13,19H,6,8,12,14-18H2,1H3. The fourth-order valence-electron chi connectivity index (χ4n) is 5.43. The lowest BCUT2D eigenvalue weighted by Crippen LogP contribution is -2.37. The molecule has 35 heavy (non-hydrogen) atoms. The molecular formula is C29H29N3OS2. The van der Waals surface area contributed by atoms with Gasteiger partial charge in [-0.25, -0.2) is 9.97 Å². The van der Waals surface area contributed by atoms with Gasteiger partial charge in [0, 0.05) is 28.4 Å². The van der Waals surface area contributed by atoms with E-state index in [2.05, 4.69) is 49.4 Å². The van der Waals surface area contributed by atoms with E-state index < -0.39 is 0 Å². The third kappa shape index (κ3) is 4.50. The molecule has 1 amide bonds. The van der Waals surface area contributed by atoms with Crippen molar-refractivity contribution in [3.05, 3.63) is 82.0 Å². The highest BCUT2D eigenvalue weighted by molar-refractivity contribution is 8.00. The molecule has 2 aromatic heterocycles. The molecule has 0 bridgehead atoms. The minimum atomic E-state index is 0.161. The smallest absolute Gasteiger partial charge is 0.237 e. The monoisotopic (exact) mass is 499 g/mol. The van der Waals surface area contributed by atoms with Crippen molar-refractivity contribution in [3.63, 3.8) is 0 Å². The zero-order chi connectivity index (χ0) is 23.8. The molecule has 6 heteroatoms. The number of aryl methyl sites for hydroxylation is 4. The number of hydrogen-bond donors (Lipinski definition) is 0. The Morgan fingerprint density at radius 2 is 1.83 bits per heavy atom. The average Bonchev–Trinajstić information content (AvgIpc) is 3.43. The molecule has 1 atom stereocenters. The summed E-state index contributed by atoms with van der Waals surface area (Å²) in [6, 6.07) is 19.0. The van der Waals surface area contributed by atoms with Gasteiger partial charge in [-0.15, -0.1) is 11.3 Å². The van der Waals surface area contributed by atoms with Gasteiger partial charge >= 0.3 is 0 Å². The lowest BCUT2D eigenvalue weighted by atomic mass is 9.97. The number of carbonyl (C=O) groups is 1. The predicted molar refractivity (Wildman–Crippen MR) is 146 cm³/mol. The normalized spacial score (nSPS) is 16.9. The number of benzene rings is 2. The van der Waals surface area contributed by atoms with Gasteiger partial charge in [0.15, 0.2) is 0 Å². The van der Waals surface area contributed by atoms with E-state index in [0.717, 1.165) is 53.5 Å². The Bertz CT molecular complexity index is 1380. The van der Waals surface area contributed by atoms with E-state index >= 15 is 0 Å². The van der Waals surface area contributed by atoms with Crippen LogP contribution in [-0.4, -0.2) is 27.7 Å². The highest BCUT2D eigenvalue weighted by atomic mass is 32.2. The van der Waals surface area contributed by atoms with Crippen molar-refractivity contribution in [1.29, 1.82) is 0 Å². The van der Waals surface area contributed by atoms with Crippen LogP contribution in [0.1, 0.15) is 47.2 Å². The van der Waals surface area contributed by atoms with E-state index in [-0.39, 0.29) is 11.9 Å². The number of anilines is 1. The molecule has 1 aliphatic carbocycles. The molecule has 0 fully saturated rings.